The van der Waals surface area contributed by atoms with Crippen LogP contribution in [-0.4, -0.2) is 42.3 Å². The largest absolute Gasteiger partial charge is 0.388 e. The van der Waals surface area contributed by atoms with Crippen LogP contribution in [0.25, 0.3) is 0 Å². The highest BCUT2D eigenvalue weighted by Crippen LogP contribution is 2.63. The van der Waals surface area contributed by atoms with E-state index < -0.39 is 23.8 Å². The maximum Gasteiger partial charge on any atom is 0.195 e. The Morgan fingerprint density at radius 3 is 2.67 bits per heavy atom. The van der Waals surface area contributed by atoms with E-state index >= 15 is 0 Å². The van der Waals surface area contributed by atoms with Gasteiger partial charge in [-0.15, -0.1) is 0 Å². The van der Waals surface area contributed by atoms with Crippen molar-refractivity contribution in [2.75, 3.05) is 7.11 Å². The Bertz CT molecular complexity index is 442. The fraction of sp³-hybridized carbons (Fsp3) is 1.00. The zero-order valence-electron chi connectivity index (χ0n) is 13.2. The van der Waals surface area contributed by atoms with Crippen molar-refractivity contribution in [1.29, 1.82) is 0 Å². The highest BCUT2D eigenvalue weighted by molar-refractivity contribution is 5.14. The molecule has 4 aliphatic rings. The Morgan fingerprint density at radius 2 is 1.95 bits per heavy atom. The van der Waals surface area contributed by atoms with Gasteiger partial charge in [0.05, 0.1) is 0 Å². The van der Waals surface area contributed by atoms with Gasteiger partial charge in [-0.3, -0.25) is 0 Å². The maximum atomic E-state index is 10.5. The number of aliphatic hydroxyl groups excluding tert-OH is 1. The fourth-order valence-electron chi connectivity index (χ4n) is 5.35. The van der Waals surface area contributed by atoms with E-state index in [0.717, 1.165) is 19.3 Å². The highest BCUT2D eigenvalue weighted by Gasteiger charge is 2.73. The molecule has 0 aromatic carbocycles. The molecule has 9 unspecified atom stereocenters. The quantitative estimate of drug-likeness (QED) is 0.801. The molecular weight excluding hydrogens is 272 g/mol. The van der Waals surface area contributed by atoms with Crippen molar-refractivity contribution in [2.45, 2.75) is 70.1 Å². The third-order valence-corrected chi connectivity index (χ3v) is 6.50. The van der Waals surface area contributed by atoms with Crippen molar-refractivity contribution in [3.8, 4) is 0 Å². The van der Waals surface area contributed by atoms with E-state index in [1.165, 1.54) is 0 Å². The molecule has 120 valence electrons. The minimum atomic E-state index is -0.946. The number of methoxy groups -OCH3 is 1. The molecule has 0 amide bonds. The zero-order valence-corrected chi connectivity index (χ0v) is 13.2. The van der Waals surface area contributed by atoms with Crippen LogP contribution in [0.3, 0.4) is 0 Å². The molecule has 2 bridgehead atoms. The monoisotopic (exact) mass is 298 g/mol. The third-order valence-electron chi connectivity index (χ3n) is 6.50. The summed E-state index contributed by atoms with van der Waals surface area (Å²) in [6.45, 7) is 6.28. The van der Waals surface area contributed by atoms with E-state index in [1.54, 1.807) is 7.11 Å². The van der Waals surface area contributed by atoms with E-state index in [-0.39, 0.29) is 18.1 Å². The van der Waals surface area contributed by atoms with Crippen molar-refractivity contribution >= 4 is 0 Å². The van der Waals surface area contributed by atoms with Gasteiger partial charge in [0.2, 0.25) is 0 Å². The molecule has 9 atom stereocenters. The summed E-state index contributed by atoms with van der Waals surface area (Å²) in [4.78, 5) is 0. The summed E-state index contributed by atoms with van der Waals surface area (Å²) < 4.78 is 24.1. The average molecular weight is 298 g/mol. The lowest BCUT2D eigenvalue weighted by atomic mass is 9.57. The van der Waals surface area contributed by atoms with Gasteiger partial charge in [0.15, 0.2) is 18.4 Å². The Hall–Kier alpha value is -0.200. The number of fused-ring (bicyclic) bond motifs is 1. The lowest BCUT2D eigenvalue weighted by Crippen LogP contribution is -2.67. The van der Waals surface area contributed by atoms with Gasteiger partial charge in [0.1, 0.15) is 11.7 Å². The summed E-state index contributed by atoms with van der Waals surface area (Å²) in [5.41, 5.74) is -0.417. The van der Waals surface area contributed by atoms with Crippen LogP contribution in [-0.2, 0) is 18.9 Å². The first-order valence-electron chi connectivity index (χ1n) is 8.16. The SMILES string of the molecule is COC1OC2OC3(C)OC24C(CC3O)C(C)CCC4C1C. The molecule has 3 aliphatic heterocycles. The summed E-state index contributed by atoms with van der Waals surface area (Å²) in [6.07, 6.45) is 1.71. The van der Waals surface area contributed by atoms with Crippen LogP contribution < -0.4 is 0 Å². The summed E-state index contributed by atoms with van der Waals surface area (Å²) in [5, 5.41) is 10.5. The molecule has 3 saturated heterocycles. The summed E-state index contributed by atoms with van der Waals surface area (Å²) in [7, 11) is 1.68. The van der Waals surface area contributed by atoms with Crippen molar-refractivity contribution in [1.82, 2.24) is 0 Å². The zero-order chi connectivity index (χ0) is 15.0. The standard InChI is InChI=1S/C16H26O5/c1-8-5-6-10-9(2)13(18-4)19-14-16(10)11(8)7-12(17)15(3,20-14)21-16/h8-14,17H,5-7H2,1-4H3. The normalized spacial score (nSPS) is 62.4. The molecular formula is C16H26O5. The van der Waals surface area contributed by atoms with Gasteiger partial charge in [0, 0.05) is 18.9 Å². The first kappa shape index (κ1) is 14.4. The predicted molar refractivity (Wildman–Crippen MR) is 74.1 cm³/mol. The van der Waals surface area contributed by atoms with Gasteiger partial charge in [0.25, 0.3) is 0 Å². The Kier molecular flexibility index (Phi) is 3.03. The second kappa shape index (κ2) is 4.42. The highest BCUT2D eigenvalue weighted by atomic mass is 16.9. The molecule has 0 radical (unpaired) electrons. The van der Waals surface area contributed by atoms with Gasteiger partial charge in [-0.1, -0.05) is 13.8 Å². The lowest BCUT2D eigenvalue weighted by molar-refractivity contribution is -0.335. The second-order valence-electron chi connectivity index (χ2n) is 7.54. The molecule has 3 heterocycles. The molecule has 5 nitrogen and oxygen atoms in total. The van der Waals surface area contributed by atoms with Gasteiger partial charge in [-0.25, -0.2) is 0 Å². The Morgan fingerprint density at radius 1 is 1.19 bits per heavy atom. The topological polar surface area (TPSA) is 57.2 Å². The van der Waals surface area contributed by atoms with Crippen molar-refractivity contribution in [2.24, 2.45) is 23.7 Å². The second-order valence-corrected chi connectivity index (χ2v) is 7.54. The minimum Gasteiger partial charge on any atom is -0.388 e. The van der Waals surface area contributed by atoms with Crippen LogP contribution in [0.5, 0.6) is 0 Å². The predicted octanol–water partition coefficient (Wildman–Crippen LogP) is 1.88. The molecule has 4 rings (SSSR count). The fourth-order valence-corrected chi connectivity index (χ4v) is 5.35. The molecule has 0 aromatic heterocycles. The average Bonchev–Trinajstić information content (AvgIpc) is 2.70. The van der Waals surface area contributed by atoms with E-state index in [0.29, 0.717) is 11.8 Å². The van der Waals surface area contributed by atoms with Crippen molar-refractivity contribution in [3.05, 3.63) is 0 Å². The van der Waals surface area contributed by atoms with Gasteiger partial charge >= 0.3 is 0 Å². The molecule has 1 aliphatic carbocycles. The molecule has 0 aromatic rings. The number of ether oxygens (including phenoxy) is 4. The van der Waals surface area contributed by atoms with Gasteiger partial charge in [-0.2, -0.15) is 0 Å². The van der Waals surface area contributed by atoms with Crippen LogP contribution >= 0.6 is 0 Å². The molecule has 4 fully saturated rings. The summed E-state index contributed by atoms with van der Waals surface area (Å²) >= 11 is 0. The van der Waals surface area contributed by atoms with Crippen molar-refractivity contribution in [3.63, 3.8) is 0 Å². The number of aliphatic hydroxyl groups is 1. The van der Waals surface area contributed by atoms with Crippen molar-refractivity contribution < 1.29 is 24.1 Å². The molecule has 1 saturated carbocycles. The van der Waals surface area contributed by atoms with Gasteiger partial charge in [-0.05, 0) is 38.0 Å². The Balaban J connectivity index is 1.80. The molecule has 21 heavy (non-hydrogen) atoms. The van der Waals surface area contributed by atoms with Crippen LogP contribution in [0.1, 0.15) is 40.0 Å². The summed E-state index contributed by atoms with van der Waals surface area (Å²) in [6, 6.07) is 0. The minimum absolute atomic E-state index is 0.261. The van der Waals surface area contributed by atoms with Crippen LogP contribution in [0.4, 0.5) is 0 Å². The molecule has 1 N–H and O–H groups in total. The van der Waals surface area contributed by atoms with Crippen LogP contribution in [0.15, 0.2) is 0 Å². The number of hydrogen-bond donors (Lipinski definition) is 1. The Labute approximate surface area is 125 Å². The molecule has 5 heteroatoms. The lowest BCUT2D eigenvalue weighted by Gasteiger charge is -2.58. The van der Waals surface area contributed by atoms with E-state index in [4.69, 9.17) is 18.9 Å². The smallest absolute Gasteiger partial charge is 0.195 e. The first-order valence-corrected chi connectivity index (χ1v) is 8.16. The third kappa shape index (κ3) is 1.64. The number of hydrogen-bond acceptors (Lipinski definition) is 5. The maximum absolute atomic E-state index is 10.5. The molecule has 1 spiro atoms. The number of rotatable bonds is 1. The van der Waals surface area contributed by atoms with E-state index in [9.17, 15) is 5.11 Å². The summed E-state index contributed by atoms with van der Waals surface area (Å²) in [5.74, 6) is 0.476. The van der Waals surface area contributed by atoms with Crippen LogP contribution in [0.2, 0.25) is 0 Å². The van der Waals surface area contributed by atoms with Gasteiger partial charge < -0.3 is 24.1 Å². The van der Waals surface area contributed by atoms with E-state index in [2.05, 4.69) is 13.8 Å². The van der Waals surface area contributed by atoms with Crippen LogP contribution in [0, 0.1) is 23.7 Å². The van der Waals surface area contributed by atoms with E-state index in [1.807, 2.05) is 6.92 Å². The first-order chi connectivity index (χ1) is 9.92.